The maximum Gasteiger partial charge on any atom is 0.335 e. The van der Waals surface area contributed by atoms with Crippen molar-refractivity contribution < 1.29 is 33.6 Å². The summed E-state index contributed by atoms with van der Waals surface area (Å²) in [6.07, 6.45) is 1.81. The Hall–Kier alpha value is -4.28. The van der Waals surface area contributed by atoms with Crippen molar-refractivity contribution >= 4 is 40.6 Å². The number of hydrogen-bond donors (Lipinski definition) is 1. The van der Waals surface area contributed by atoms with Crippen LogP contribution in [0.5, 0.6) is 17.2 Å². The molecule has 0 spiro atoms. The van der Waals surface area contributed by atoms with Crippen molar-refractivity contribution in [2.24, 2.45) is 4.99 Å². The number of carbonyl (C=O) groups excluding carboxylic acids is 1. The molecule has 1 N–H and O–H groups in total. The fraction of sp³-hybridized carbons (Fsp3) is 0.233. The van der Waals surface area contributed by atoms with Crippen molar-refractivity contribution in [1.29, 1.82) is 0 Å². The molecular formula is C30H30N2O7S. The van der Waals surface area contributed by atoms with Crippen LogP contribution in [0.3, 0.4) is 0 Å². The third-order valence-electron chi connectivity index (χ3n) is 5.86. The lowest BCUT2D eigenvalue weighted by Gasteiger charge is -2.14. The van der Waals surface area contributed by atoms with E-state index in [0.717, 1.165) is 16.9 Å². The van der Waals surface area contributed by atoms with Gasteiger partial charge in [0, 0.05) is 7.11 Å². The van der Waals surface area contributed by atoms with Crippen molar-refractivity contribution in [1.82, 2.24) is 4.90 Å². The molecule has 0 atom stereocenters. The Morgan fingerprint density at radius 2 is 1.75 bits per heavy atom. The number of amidine groups is 1. The Labute approximate surface area is 237 Å². The van der Waals surface area contributed by atoms with Gasteiger partial charge < -0.3 is 24.1 Å². The first-order chi connectivity index (χ1) is 19.4. The normalized spacial score (nSPS) is 15.1. The molecule has 0 radical (unpaired) electrons. The average molecular weight is 563 g/mol. The van der Waals surface area contributed by atoms with Gasteiger partial charge in [0.15, 0.2) is 16.7 Å². The minimum atomic E-state index is -0.976. The number of carbonyl (C=O) groups is 2. The Morgan fingerprint density at radius 3 is 2.40 bits per heavy atom. The fourth-order valence-electron chi connectivity index (χ4n) is 3.80. The van der Waals surface area contributed by atoms with Crippen LogP contribution in [-0.2, 0) is 16.1 Å². The first kappa shape index (κ1) is 28.7. The molecule has 10 heteroatoms. The number of aliphatic imine (C=N–C) groups is 1. The van der Waals surface area contributed by atoms with Crippen molar-refractivity contribution in [3.05, 3.63) is 88.3 Å². The second-order valence-corrected chi connectivity index (χ2v) is 9.59. The van der Waals surface area contributed by atoms with Gasteiger partial charge in [0.2, 0.25) is 0 Å². The van der Waals surface area contributed by atoms with Gasteiger partial charge in [0.1, 0.15) is 12.4 Å². The van der Waals surface area contributed by atoms with Crippen LogP contribution in [0.1, 0.15) is 28.4 Å². The molecule has 40 heavy (non-hydrogen) atoms. The minimum Gasteiger partial charge on any atom is -0.497 e. The Morgan fingerprint density at radius 1 is 1.00 bits per heavy atom. The number of nitrogens with zero attached hydrogens (tertiary/aromatic N) is 2. The average Bonchev–Trinajstić information content (AvgIpc) is 3.25. The molecule has 0 bridgehead atoms. The zero-order valence-electron chi connectivity index (χ0n) is 22.5. The van der Waals surface area contributed by atoms with Crippen LogP contribution in [-0.4, -0.2) is 61.0 Å². The molecule has 1 amide bonds. The number of carboxylic acid groups (broad SMARTS) is 1. The highest BCUT2D eigenvalue weighted by molar-refractivity contribution is 8.18. The summed E-state index contributed by atoms with van der Waals surface area (Å²) in [6, 6.07) is 19.3. The fourth-order valence-corrected chi connectivity index (χ4v) is 4.82. The molecule has 0 unspecified atom stereocenters. The van der Waals surface area contributed by atoms with Crippen LogP contribution in [0.4, 0.5) is 5.69 Å². The quantitative estimate of drug-likeness (QED) is 0.284. The molecule has 0 saturated carbocycles. The van der Waals surface area contributed by atoms with Crippen LogP contribution in [0.2, 0.25) is 0 Å². The molecule has 1 aliphatic rings. The molecule has 3 aromatic rings. The highest BCUT2D eigenvalue weighted by atomic mass is 32.2. The molecule has 9 nitrogen and oxygen atoms in total. The highest BCUT2D eigenvalue weighted by Gasteiger charge is 2.33. The van der Waals surface area contributed by atoms with E-state index in [-0.39, 0.29) is 18.1 Å². The summed E-state index contributed by atoms with van der Waals surface area (Å²) >= 11 is 1.30. The van der Waals surface area contributed by atoms with E-state index in [9.17, 15) is 9.59 Å². The van der Waals surface area contributed by atoms with Crippen LogP contribution in [0, 0.1) is 0 Å². The predicted octanol–water partition coefficient (Wildman–Crippen LogP) is 5.62. The third kappa shape index (κ3) is 7.22. The summed E-state index contributed by atoms with van der Waals surface area (Å²) in [4.78, 5) is 31.2. The summed E-state index contributed by atoms with van der Waals surface area (Å²) in [7, 11) is 3.20. The first-order valence-corrected chi connectivity index (χ1v) is 13.4. The Bertz CT molecular complexity index is 1400. The molecule has 208 valence electrons. The number of amides is 1. The van der Waals surface area contributed by atoms with E-state index in [4.69, 9.17) is 29.0 Å². The maximum absolute atomic E-state index is 13.3. The molecule has 0 aromatic heterocycles. The number of ether oxygens (including phenoxy) is 4. The molecule has 1 saturated heterocycles. The summed E-state index contributed by atoms with van der Waals surface area (Å²) in [6.45, 7) is 3.31. The Balaban J connectivity index is 1.55. The van der Waals surface area contributed by atoms with Gasteiger partial charge >= 0.3 is 5.97 Å². The standard InChI is InChI=1S/C30H30N2O7S/c1-4-38-26-17-21(7-14-25(26)39-19-20-5-8-22(9-6-20)29(34)35)18-27-28(33)32(15-16-36-2)30(40-27)31-23-10-12-24(37-3)13-11-23/h5-14,17-18H,4,15-16,19H2,1-3H3,(H,34,35)/b27-18-,31-30?. The summed E-state index contributed by atoms with van der Waals surface area (Å²) in [5.74, 6) is 0.676. The zero-order chi connectivity index (χ0) is 28.5. The van der Waals surface area contributed by atoms with E-state index >= 15 is 0 Å². The molecule has 4 rings (SSSR count). The monoisotopic (exact) mass is 562 g/mol. The molecule has 3 aromatic carbocycles. The van der Waals surface area contributed by atoms with Gasteiger partial charge in [-0.25, -0.2) is 9.79 Å². The van der Waals surface area contributed by atoms with Gasteiger partial charge in [-0.05, 0) is 84.4 Å². The first-order valence-electron chi connectivity index (χ1n) is 12.6. The van der Waals surface area contributed by atoms with E-state index in [1.807, 2.05) is 43.3 Å². The number of benzene rings is 3. The molecule has 1 fully saturated rings. The van der Waals surface area contributed by atoms with Crippen molar-refractivity contribution in [3.63, 3.8) is 0 Å². The largest absolute Gasteiger partial charge is 0.497 e. The number of hydrogen-bond acceptors (Lipinski definition) is 8. The Kier molecular flexibility index (Phi) is 9.82. The SMILES string of the molecule is CCOc1cc(/C=C2\SC(=Nc3ccc(OC)cc3)N(CCOC)C2=O)ccc1OCc1ccc(C(=O)O)cc1. The number of aromatic carboxylic acids is 1. The van der Waals surface area contributed by atoms with Gasteiger partial charge in [-0.2, -0.15) is 0 Å². The van der Waals surface area contributed by atoms with Gasteiger partial charge in [-0.3, -0.25) is 9.69 Å². The minimum absolute atomic E-state index is 0.155. The number of thioether (sulfide) groups is 1. The van der Waals surface area contributed by atoms with Gasteiger partial charge in [-0.1, -0.05) is 18.2 Å². The molecular weight excluding hydrogens is 532 g/mol. The lowest BCUT2D eigenvalue weighted by Crippen LogP contribution is -2.32. The molecule has 0 aliphatic carbocycles. The van der Waals surface area contributed by atoms with Gasteiger partial charge in [0.05, 0.1) is 43.0 Å². The smallest absolute Gasteiger partial charge is 0.335 e. The van der Waals surface area contributed by atoms with E-state index in [0.29, 0.717) is 47.0 Å². The van der Waals surface area contributed by atoms with E-state index in [1.165, 1.54) is 23.9 Å². The number of rotatable bonds is 12. The molecule has 1 heterocycles. The van der Waals surface area contributed by atoms with Crippen molar-refractivity contribution in [3.8, 4) is 17.2 Å². The van der Waals surface area contributed by atoms with E-state index < -0.39 is 5.97 Å². The number of carboxylic acids is 1. The second kappa shape index (κ2) is 13.7. The predicted molar refractivity (Wildman–Crippen MR) is 155 cm³/mol. The zero-order valence-corrected chi connectivity index (χ0v) is 23.3. The van der Waals surface area contributed by atoms with E-state index in [2.05, 4.69) is 0 Å². The maximum atomic E-state index is 13.3. The lowest BCUT2D eigenvalue weighted by atomic mass is 10.1. The topological polar surface area (TPSA) is 107 Å². The van der Waals surface area contributed by atoms with Gasteiger partial charge in [-0.15, -0.1) is 0 Å². The van der Waals surface area contributed by atoms with Gasteiger partial charge in [0.25, 0.3) is 5.91 Å². The lowest BCUT2D eigenvalue weighted by molar-refractivity contribution is -0.122. The highest BCUT2D eigenvalue weighted by Crippen LogP contribution is 2.36. The van der Waals surface area contributed by atoms with Crippen LogP contribution < -0.4 is 14.2 Å². The summed E-state index contributed by atoms with van der Waals surface area (Å²) in [5.41, 5.74) is 2.52. The van der Waals surface area contributed by atoms with Crippen LogP contribution in [0.15, 0.2) is 76.6 Å². The van der Waals surface area contributed by atoms with Crippen LogP contribution in [0.25, 0.3) is 6.08 Å². The summed E-state index contributed by atoms with van der Waals surface area (Å²) in [5, 5.41) is 9.65. The van der Waals surface area contributed by atoms with Crippen molar-refractivity contribution in [2.45, 2.75) is 13.5 Å². The summed E-state index contributed by atoms with van der Waals surface area (Å²) < 4.78 is 22.2. The van der Waals surface area contributed by atoms with Crippen LogP contribution >= 0.6 is 11.8 Å². The van der Waals surface area contributed by atoms with E-state index in [1.54, 1.807) is 43.4 Å². The van der Waals surface area contributed by atoms with Crippen molar-refractivity contribution in [2.75, 3.05) is 34.0 Å². The molecule has 1 aliphatic heterocycles. The third-order valence-corrected chi connectivity index (χ3v) is 6.87. The second-order valence-electron chi connectivity index (χ2n) is 8.58. The number of methoxy groups -OCH3 is 2.